The largest absolute Gasteiger partial charge is 0.493 e. The second-order valence-corrected chi connectivity index (χ2v) is 8.76. The first-order valence-electron chi connectivity index (χ1n) is 10.7. The number of thioether (sulfide) groups is 1. The number of carbonyl (C=O) groups is 2. The van der Waals surface area contributed by atoms with Gasteiger partial charge in [-0.15, -0.1) is 0 Å². The fourth-order valence-corrected chi connectivity index (χ4v) is 4.21. The maximum Gasteiger partial charge on any atom is 0.373 e. The maximum absolute atomic E-state index is 12.5. The van der Waals surface area contributed by atoms with E-state index in [1.165, 1.54) is 32.0 Å². The number of aliphatic imine (C=N–C) groups is 1. The fraction of sp³-hybridized carbons (Fsp3) is 0.192. The van der Waals surface area contributed by atoms with Gasteiger partial charge in [-0.25, -0.2) is 9.79 Å². The summed E-state index contributed by atoms with van der Waals surface area (Å²) in [5, 5.41) is 3.35. The molecule has 3 aromatic rings. The number of hydrogen-bond acceptors (Lipinski definition) is 8. The van der Waals surface area contributed by atoms with Gasteiger partial charge in [0.15, 0.2) is 16.7 Å². The summed E-state index contributed by atoms with van der Waals surface area (Å²) in [6, 6.07) is 14.5. The van der Waals surface area contributed by atoms with Crippen molar-refractivity contribution in [1.82, 2.24) is 5.32 Å². The van der Waals surface area contributed by atoms with Gasteiger partial charge in [0.1, 0.15) is 12.4 Å². The Labute approximate surface area is 207 Å². The summed E-state index contributed by atoms with van der Waals surface area (Å²) >= 11 is 1.28. The standard InChI is InChI=1S/C26H24N2O6S/c1-15-5-8-19(16(2)11-15)27-26-28-24(29)23(35-26)13-17-6-9-20(22(12-17)31-3)33-14-18-7-10-21(34-18)25(30)32-4/h5-13H,14H2,1-4H3,(H,27,28,29). The van der Waals surface area contributed by atoms with Crippen LogP contribution in [-0.2, 0) is 16.1 Å². The Bertz CT molecular complexity index is 1340. The molecule has 180 valence electrons. The van der Waals surface area contributed by atoms with Crippen LogP contribution in [0, 0.1) is 13.8 Å². The molecule has 0 unspecified atom stereocenters. The Hall–Kier alpha value is -3.98. The SMILES string of the molecule is COC(=O)c1ccc(COc2ccc(C=C3SC(=Nc4ccc(C)cc4C)NC3=O)cc2OC)o1. The van der Waals surface area contributed by atoms with Crippen molar-refractivity contribution >= 4 is 40.6 Å². The van der Waals surface area contributed by atoms with E-state index in [2.05, 4.69) is 21.1 Å². The van der Waals surface area contributed by atoms with Crippen LogP contribution in [0.3, 0.4) is 0 Å². The molecule has 1 N–H and O–H groups in total. The van der Waals surface area contributed by atoms with Gasteiger partial charge >= 0.3 is 5.97 Å². The topological polar surface area (TPSA) is 99.4 Å². The minimum atomic E-state index is -0.553. The lowest BCUT2D eigenvalue weighted by Gasteiger charge is -2.10. The zero-order valence-corrected chi connectivity index (χ0v) is 20.5. The molecule has 0 atom stereocenters. The number of ether oxygens (including phenoxy) is 3. The maximum atomic E-state index is 12.5. The molecule has 0 radical (unpaired) electrons. The van der Waals surface area contributed by atoms with Gasteiger partial charge in [-0.05, 0) is 73.1 Å². The Morgan fingerprint density at radius 1 is 1.09 bits per heavy atom. The molecule has 0 saturated carbocycles. The smallest absolute Gasteiger partial charge is 0.373 e. The number of furan rings is 1. The zero-order valence-electron chi connectivity index (χ0n) is 19.7. The summed E-state index contributed by atoms with van der Waals surface area (Å²) in [4.78, 5) is 29.1. The van der Waals surface area contributed by atoms with E-state index in [9.17, 15) is 9.59 Å². The lowest BCUT2D eigenvalue weighted by atomic mass is 10.1. The van der Waals surface area contributed by atoms with Crippen molar-refractivity contribution in [3.05, 3.63) is 81.6 Å². The van der Waals surface area contributed by atoms with E-state index in [0.717, 1.165) is 22.4 Å². The summed E-state index contributed by atoms with van der Waals surface area (Å²) in [6.07, 6.45) is 1.77. The Balaban J connectivity index is 1.47. The highest BCUT2D eigenvalue weighted by Crippen LogP contribution is 2.33. The lowest BCUT2D eigenvalue weighted by Crippen LogP contribution is -2.19. The Kier molecular flexibility index (Phi) is 7.26. The normalized spacial score (nSPS) is 15.4. The number of nitrogens with one attached hydrogen (secondary N) is 1. The van der Waals surface area contributed by atoms with E-state index >= 15 is 0 Å². The summed E-state index contributed by atoms with van der Waals surface area (Å²) in [5.74, 6) is 0.790. The van der Waals surface area contributed by atoms with Crippen LogP contribution in [0.4, 0.5) is 5.69 Å². The minimum absolute atomic E-state index is 0.101. The average Bonchev–Trinajstić information content (AvgIpc) is 3.46. The van der Waals surface area contributed by atoms with Gasteiger partial charge in [-0.2, -0.15) is 0 Å². The van der Waals surface area contributed by atoms with Gasteiger partial charge in [0.25, 0.3) is 5.91 Å². The average molecular weight is 493 g/mol. The molecule has 2 aromatic carbocycles. The highest BCUT2D eigenvalue weighted by atomic mass is 32.2. The predicted molar refractivity (Wildman–Crippen MR) is 134 cm³/mol. The number of esters is 1. The number of aryl methyl sites for hydroxylation is 2. The molecule has 1 aliphatic rings. The highest BCUT2D eigenvalue weighted by molar-refractivity contribution is 8.18. The van der Waals surface area contributed by atoms with E-state index in [-0.39, 0.29) is 18.3 Å². The fourth-order valence-electron chi connectivity index (χ4n) is 3.38. The van der Waals surface area contributed by atoms with Crippen molar-refractivity contribution in [2.24, 2.45) is 4.99 Å². The molecule has 1 aliphatic heterocycles. The van der Waals surface area contributed by atoms with Gasteiger partial charge in [0.2, 0.25) is 5.76 Å². The van der Waals surface area contributed by atoms with Gasteiger partial charge in [-0.3, -0.25) is 4.79 Å². The third kappa shape index (κ3) is 5.75. The van der Waals surface area contributed by atoms with Crippen LogP contribution in [0.25, 0.3) is 6.08 Å². The first-order valence-corrected chi connectivity index (χ1v) is 11.5. The van der Waals surface area contributed by atoms with Crippen molar-refractivity contribution in [2.45, 2.75) is 20.5 Å². The van der Waals surface area contributed by atoms with Crippen LogP contribution >= 0.6 is 11.8 Å². The van der Waals surface area contributed by atoms with Crippen LogP contribution in [0.2, 0.25) is 0 Å². The number of amidine groups is 1. The Morgan fingerprint density at radius 3 is 2.66 bits per heavy atom. The number of hydrogen-bond donors (Lipinski definition) is 1. The molecule has 1 amide bonds. The number of amides is 1. The molecule has 35 heavy (non-hydrogen) atoms. The van der Waals surface area contributed by atoms with Crippen molar-refractivity contribution in [3.8, 4) is 11.5 Å². The van der Waals surface area contributed by atoms with Crippen LogP contribution in [0.15, 0.2) is 62.8 Å². The molecule has 1 fully saturated rings. The number of benzene rings is 2. The third-order valence-corrected chi connectivity index (χ3v) is 6.04. The first kappa shape index (κ1) is 24.2. The third-order valence-electron chi connectivity index (χ3n) is 5.13. The van der Waals surface area contributed by atoms with Crippen molar-refractivity contribution in [1.29, 1.82) is 0 Å². The minimum Gasteiger partial charge on any atom is -0.493 e. The molecule has 8 nitrogen and oxygen atoms in total. The van der Waals surface area contributed by atoms with E-state index in [1.54, 1.807) is 24.3 Å². The van der Waals surface area contributed by atoms with Crippen LogP contribution in [0.1, 0.15) is 33.0 Å². The molecule has 2 heterocycles. The summed E-state index contributed by atoms with van der Waals surface area (Å²) in [6.45, 7) is 4.12. The molecule has 1 aromatic heterocycles. The number of nitrogens with zero attached hydrogens (tertiary/aromatic N) is 1. The molecule has 0 aliphatic carbocycles. The molecule has 0 spiro atoms. The molecular formula is C26H24N2O6S. The van der Waals surface area contributed by atoms with Gasteiger partial charge in [0.05, 0.1) is 24.8 Å². The van der Waals surface area contributed by atoms with Gasteiger partial charge in [0, 0.05) is 0 Å². The van der Waals surface area contributed by atoms with E-state index in [1.807, 2.05) is 32.0 Å². The second kappa shape index (κ2) is 10.5. The van der Waals surface area contributed by atoms with Crippen LogP contribution in [0.5, 0.6) is 11.5 Å². The van der Waals surface area contributed by atoms with E-state index in [0.29, 0.717) is 27.3 Å². The quantitative estimate of drug-likeness (QED) is 0.359. The van der Waals surface area contributed by atoms with Crippen LogP contribution in [-0.4, -0.2) is 31.3 Å². The molecule has 9 heteroatoms. The van der Waals surface area contributed by atoms with Crippen LogP contribution < -0.4 is 14.8 Å². The lowest BCUT2D eigenvalue weighted by molar-refractivity contribution is -0.115. The Morgan fingerprint density at radius 2 is 1.91 bits per heavy atom. The molecule has 0 bridgehead atoms. The summed E-state index contributed by atoms with van der Waals surface area (Å²) < 4.78 is 21.3. The molecule has 1 saturated heterocycles. The van der Waals surface area contributed by atoms with Gasteiger partial charge < -0.3 is 23.9 Å². The molecule has 4 rings (SSSR count). The monoisotopic (exact) mass is 492 g/mol. The van der Waals surface area contributed by atoms with E-state index in [4.69, 9.17) is 13.9 Å². The number of methoxy groups -OCH3 is 2. The second-order valence-electron chi connectivity index (χ2n) is 7.73. The number of rotatable bonds is 7. The van der Waals surface area contributed by atoms with Gasteiger partial charge in [-0.1, -0.05) is 23.8 Å². The summed E-state index contributed by atoms with van der Waals surface area (Å²) in [5.41, 5.74) is 3.79. The number of carbonyl (C=O) groups excluding carboxylic acids is 2. The van der Waals surface area contributed by atoms with Crippen molar-refractivity contribution in [2.75, 3.05) is 14.2 Å². The van der Waals surface area contributed by atoms with Crippen molar-refractivity contribution in [3.63, 3.8) is 0 Å². The zero-order chi connectivity index (χ0) is 24.9. The van der Waals surface area contributed by atoms with Crippen molar-refractivity contribution < 1.29 is 28.2 Å². The highest BCUT2D eigenvalue weighted by Gasteiger charge is 2.24. The first-order chi connectivity index (χ1) is 16.9. The molecular weight excluding hydrogens is 468 g/mol. The van der Waals surface area contributed by atoms with E-state index < -0.39 is 5.97 Å². The predicted octanol–water partition coefficient (Wildman–Crippen LogP) is 5.16. The summed E-state index contributed by atoms with van der Waals surface area (Å²) in [7, 11) is 2.82.